The van der Waals surface area contributed by atoms with Gasteiger partial charge in [0.1, 0.15) is 5.75 Å². The standard InChI is InChI=1S/C23H24N2O4S/c1-15-8-9-18(23(26)24-22-16(2)6-5-7-17(22)3)14-21(15)25-30(27,28)20-12-10-19(29-4)11-13-20/h5-14,25H,1-4H3,(H,24,26). The number of carbonyl (C=O) groups is 1. The van der Waals surface area contributed by atoms with Crippen LogP contribution in [0.5, 0.6) is 5.75 Å². The van der Waals surface area contributed by atoms with Gasteiger partial charge in [0.25, 0.3) is 15.9 Å². The Morgan fingerprint density at radius 1 is 0.867 bits per heavy atom. The summed E-state index contributed by atoms with van der Waals surface area (Å²) in [5.41, 5.74) is 4.07. The molecule has 0 unspecified atom stereocenters. The molecule has 3 aromatic rings. The number of hydrogen-bond acceptors (Lipinski definition) is 4. The monoisotopic (exact) mass is 424 g/mol. The van der Waals surface area contributed by atoms with E-state index in [1.165, 1.54) is 19.2 Å². The van der Waals surface area contributed by atoms with Crippen molar-refractivity contribution in [3.05, 3.63) is 82.9 Å². The minimum atomic E-state index is -3.81. The number of carbonyl (C=O) groups excluding carboxylic acids is 1. The number of benzene rings is 3. The number of hydrogen-bond donors (Lipinski definition) is 2. The van der Waals surface area contributed by atoms with Crippen LogP contribution in [0, 0.1) is 20.8 Å². The van der Waals surface area contributed by atoms with Crippen LogP contribution in [0.2, 0.25) is 0 Å². The number of rotatable bonds is 6. The number of ether oxygens (including phenoxy) is 1. The summed E-state index contributed by atoms with van der Waals surface area (Å²) in [4.78, 5) is 12.9. The third-order valence-electron chi connectivity index (χ3n) is 4.83. The molecule has 0 heterocycles. The number of para-hydroxylation sites is 1. The van der Waals surface area contributed by atoms with Crippen LogP contribution in [0.25, 0.3) is 0 Å². The molecule has 0 atom stereocenters. The first-order valence-corrected chi connectivity index (χ1v) is 10.8. The van der Waals surface area contributed by atoms with Gasteiger partial charge in [-0.3, -0.25) is 9.52 Å². The van der Waals surface area contributed by atoms with Gasteiger partial charge in [0, 0.05) is 11.3 Å². The highest BCUT2D eigenvalue weighted by molar-refractivity contribution is 7.92. The Morgan fingerprint density at radius 2 is 1.50 bits per heavy atom. The van der Waals surface area contributed by atoms with Crippen LogP contribution >= 0.6 is 0 Å². The average Bonchev–Trinajstić information content (AvgIpc) is 2.72. The van der Waals surface area contributed by atoms with Gasteiger partial charge in [0.2, 0.25) is 0 Å². The molecule has 0 bridgehead atoms. The fraction of sp³-hybridized carbons (Fsp3) is 0.174. The number of anilines is 2. The van der Waals surface area contributed by atoms with Gasteiger partial charge in [-0.25, -0.2) is 8.42 Å². The van der Waals surface area contributed by atoms with Gasteiger partial charge >= 0.3 is 0 Å². The Labute approximate surface area is 177 Å². The number of sulfonamides is 1. The molecule has 156 valence electrons. The molecule has 1 amide bonds. The van der Waals surface area contributed by atoms with Crippen molar-refractivity contribution < 1.29 is 17.9 Å². The highest BCUT2D eigenvalue weighted by atomic mass is 32.2. The van der Waals surface area contributed by atoms with E-state index in [4.69, 9.17) is 4.74 Å². The van der Waals surface area contributed by atoms with Crippen molar-refractivity contribution in [1.82, 2.24) is 0 Å². The average molecular weight is 425 g/mol. The van der Waals surface area contributed by atoms with Gasteiger partial charge in [-0.1, -0.05) is 24.3 Å². The normalized spacial score (nSPS) is 11.1. The predicted octanol–water partition coefficient (Wildman–Crippen LogP) is 4.67. The van der Waals surface area contributed by atoms with Gasteiger partial charge in [-0.05, 0) is 73.9 Å². The highest BCUT2D eigenvalue weighted by Gasteiger charge is 2.17. The van der Waals surface area contributed by atoms with Crippen molar-refractivity contribution in [2.45, 2.75) is 25.7 Å². The second-order valence-corrected chi connectivity index (χ2v) is 8.71. The number of aryl methyl sites for hydroxylation is 3. The fourth-order valence-electron chi connectivity index (χ4n) is 3.03. The number of methoxy groups -OCH3 is 1. The maximum Gasteiger partial charge on any atom is 0.261 e. The van der Waals surface area contributed by atoms with E-state index < -0.39 is 10.0 Å². The van der Waals surface area contributed by atoms with E-state index in [1.807, 2.05) is 32.0 Å². The molecule has 6 nitrogen and oxygen atoms in total. The maximum absolute atomic E-state index is 12.8. The smallest absolute Gasteiger partial charge is 0.261 e. The van der Waals surface area contributed by atoms with Gasteiger partial charge in [-0.15, -0.1) is 0 Å². The molecule has 0 aliphatic rings. The summed E-state index contributed by atoms with van der Waals surface area (Å²) in [6.07, 6.45) is 0. The van der Waals surface area contributed by atoms with Crippen molar-refractivity contribution >= 4 is 27.3 Å². The van der Waals surface area contributed by atoms with E-state index >= 15 is 0 Å². The zero-order valence-electron chi connectivity index (χ0n) is 17.3. The summed E-state index contributed by atoms with van der Waals surface area (Å²) in [6.45, 7) is 5.62. The second-order valence-electron chi connectivity index (χ2n) is 7.03. The van der Waals surface area contributed by atoms with Gasteiger partial charge in [0.05, 0.1) is 17.7 Å². The molecule has 0 radical (unpaired) electrons. The van der Waals surface area contributed by atoms with Gasteiger partial charge < -0.3 is 10.1 Å². The first-order chi connectivity index (χ1) is 14.2. The lowest BCUT2D eigenvalue weighted by molar-refractivity contribution is 0.102. The van der Waals surface area contributed by atoms with Crippen LogP contribution in [-0.4, -0.2) is 21.4 Å². The maximum atomic E-state index is 12.8. The number of nitrogens with one attached hydrogen (secondary N) is 2. The molecule has 3 rings (SSSR count). The van der Waals surface area contributed by atoms with Crippen LogP contribution in [-0.2, 0) is 10.0 Å². The summed E-state index contributed by atoms with van der Waals surface area (Å²) in [5.74, 6) is 0.257. The lowest BCUT2D eigenvalue weighted by Crippen LogP contribution is -2.16. The second kappa shape index (κ2) is 8.59. The highest BCUT2D eigenvalue weighted by Crippen LogP contribution is 2.24. The van der Waals surface area contributed by atoms with Crippen LogP contribution < -0.4 is 14.8 Å². The molecule has 0 aliphatic heterocycles. The van der Waals surface area contributed by atoms with Crippen molar-refractivity contribution in [3.8, 4) is 5.75 Å². The van der Waals surface area contributed by atoms with E-state index in [0.29, 0.717) is 22.6 Å². The fourth-order valence-corrected chi connectivity index (χ4v) is 4.15. The molecule has 7 heteroatoms. The third kappa shape index (κ3) is 4.63. The van der Waals surface area contributed by atoms with Crippen molar-refractivity contribution in [1.29, 1.82) is 0 Å². The van der Waals surface area contributed by atoms with Crippen molar-refractivity contribution in [3.63, 3.8) is 0 Å². The summed E-state index contributed by atoms with van der Waals surface area (Å²) in [5, 5.41) is 2.92. The van der Waals surface area contributed by atoms with Crippen LogP contribution in [0.3, 0.4) is 0 Å². The van der Waals surface area contributed by atoms with Gasteiger partial charge in [-0.2, -0.15) is 0 Å². The van der Waals surface area contributed by atoms with E-state index in [1.54, 1.807) is 37.3 Å². The molecule has 0 saturated carbocycles. The molecule has 30 heavy (non-hydrogen) atoms. The molecule has 0 saturated heterocycles. The first kappa shape index (κ1) is 21.4. The summed E-state index contributed by atoms with van der Waals surface area (Å²) in [7, 11) is -2.30. The Morgan fingerprint density at radius 3 is 2.10 bits per heavy atom. The molecule has 3 aromatic carbocycles. The zero-order valence-corrected chi connectivity index (χ0v) is 18.1. The minimum Gasteiger partial charge on any atom is -0.497 e. The Bertz CT molecular complexity index is 1170. The third-order valence-corrected chi connectivity index (χ3v) is 6.21. The summed E-state index contributed by atoms with van der Waals surface area (Å²) < 4.78 is 33.2. The van der Waals surface area contributed by atoms with Crippen LogP contribution in [0.4, 0.5) is 11.4 Å². The van der Waals surface area contributed by atoms with E-state index in [0.717, 1.165) is 16.8 Å². The SMILES string of the molecule is COc1ccc(S(=O)(=O)Nc2cc(C(=O)Nc3c(C)cccc3C)ccc2C)cc1. The molecular formula is C23H24N2O4S. The number of amides is 1. The molecule has 0 aliphatic carbocycles. The Balaban J connectivity index is 1.86. The minimum absolute atomic E-state index is 0.105. The van der Waals surface area contributed by atoms with E-state index in [2.05, 4.69) is 10.0 Å². The molecule has 0 spiro atoms. The summed E-state index contributed by atoms with van der Waals surface area (Å²) in [6, 6.07) is 16.8. The van der Waals surface area contributed by atoms with Crippen molar-refractivity contribution in [2.24, 2.45) is 0 Å². The molecule has 2 N–H and O–H groups in total. The first-order valence-electron chi connectivity index (χ1n) is 9.36. The Kier molecular flexibility index (Phi) is 6.12. The Hall–Kier alpha value is -3.32. The molecule has 0 fully saturated rings. The van der Waals surface area contributed by atoms with E-state index in [9.17, 15) is 13.2 Å². The largest absolute Gasteiger partial charge is 0.497 e. The quantitative estimate of drug-likeness (QED) is 0.602. The molecule has 0 aromatic heterocycles. The van der Waals surface area contributed by atoms with Crippen LogP contribution in [0.15, 0.2) is 65.6 Å². The zero-order chi connectivity index (χ0) is 21.9. The van der Waals surface area contributed by atoms with Crippen molar-refractivity contribution in [2.75, 3.05) is 17.1 Å². The predicted molar refractivity (Wildman–Crippen MR) is 119 cm³/mol. The topological polar surface area (TPSA) is 84.5 Å². The molecular weight excluding hydrogens is 400 g/mol. The summed E-state index contributed by atoms with van der Waals surface area (Å²) >= 11 is 0. The van der Waals surface area contributed by atoms with E-state index in [-0.39, 0.29) is 10.8 Å². The van der Waals surface area contributed by atoms with Crippen LogP contribution in [0.1, 0.15) is 27.0 Å². The lowest BCUT2D eigenvalue weighted by Gasteiger charge is -2.14. The lowest BCUT2D eigenvalue weighted by atomic mass is 10.1. The van der Waals surface area contributed by atoms with Gasteiger partial charge in [0.15, 0.2) is 0 Å².